The Kier molecular flexibility index (Phi) is 15.3. The minimum atomic E-state index is 0.381. The highest BCUT2D eigenvalue weighted by Crippen LogP contribution is 2.41. The third kappa shape index (κ3) is 11.3. The number of nitrogens with zero attached hydrogens (tertiary/aromatic N) is 3. The molecule has 0 fully saturated rings. The van der Waals surface area contributed by atoms with E-state index in [9.17, 15) is 0 Å². The number of benzene rings is 11. The Morgan fingerprint density at radius 2 is 0.608 bits per heavy atom. The first-order valence-electron chi connectivity index (χ1n) is 25.0. The fourth-order valence-electron chi connectivity index (χ4n) is 9.56. The molecule has 0 aromatic heterocycles. The van der Waals surface area contributed by atoms with Gasteiger partial charge in [0.25, 0.3) is 0 Å². The van der Waals surface area contributed by atoms with Crippen molar-refractivity contribution in [3.8, 4) is 89.0 Å². The zero-order valence-corrected chi connectivity index (χ0v) is 41.3. The molecule has 11 aromatic rings. The molecular formula is C71H55N3. The second-order valence-corrected chi connectivity index (χ2v) is 18.0. The van der Waals surface area contributed by atoms with Crippen LogP contribution in [0.2, 0.25) is 0 Å². The summed E-state index contributed by atoms with van der Waals surface area (Å²) in [6.45, 7) is 8.69. The van der Waals surface area contributed by atoms with Crippen molar-refractivity contribution in [2.24, 2.45) is 15.0 Å². The first-order valence-corrected chi connectivity index (χ1v) is 25.0. The zero-order valence-electron chi connectivity index (χ0n) is 41.3. The molecule has 0 radical (unpaired) electrons. The van der Waals surface area contributed by atoms with E-state index in [2.05, 4.69) is 273 Å². The average Bonchev–Trinajstić information content (AvgIpc) is 3.49. The number of hydrogen-bond acceptors (Lipinski definition) is 2. The quantitative estimate of drug-likeness (QED) is 0.0816. The predicted octanol–water partition coefficient (Wildman–Crippen LogP) is 18.6. The van der Waals surface area contributed by atoms with Gasteiger partial charge in [-0.15, -0.1) is 0 Å². The van der Waals surface area contributed by atoms with Crippen molar-refractivity contribution in [3.63, 3.8) is 0 Å². The molecule has 0 bridgehead atoms. The van der Waals surface area contributed by atoms with Crippen LogP contribution in [-0.4, -0.2) is 19.3 Å². The molecule has 0 unspecified atom stereocenters. The summed E-state index contributed by atoms with van der Waals surface area (Å²) in [6.07, 6.45) is 0. The molecule has 0 spiro atoms. The number of rotatable bonds is 13. The lowest BCUT2D eigenvalue weighted by atomic mass is 9.87. The first kappa shape index (κ1) is 48.1. The summed E-state index contributed by atoms with van der Waals surface area (Å²) in [5.41, 5.74) is 21.4. The molecule has 0 atom stereocenters. The molecule has 0 aliphatic rings. The number of hydrogen-bond donors (Lipinski definition) is 0. The predicted molar refractivity (Wildman–Crippen MR) is 316 cm³/mol. The topological polar surface area (TPSA) is 37.1 Å². The Morgan fingerprint density at radius 1 is 0.270 bits per heavy atom. The Morgan fingerprint density at radius 3 is 1.01 bits per heavy atom. The lowest BCUT2D eigenvalue weighted by Crippen LogP contribution is -2.03. The first-order chi connectivity index (χ1) is 36.6. The van der Waals surface area contributed by atoms with Gasteiger partial charge in [-0.05, 0) is 138 Å². The molecule has 11 rings (SSSR count). The third-order valence-electron chi connectivity index (χ3n) is 13.3. The average molecular weight is 950 g/mol. The highest BCUT2D eigenvalue weighted by atomic mass is 14.9. The van der Waals surface area contributed by atoms with E-state index >= 15 is 0 Å². The molecule has 0 aliphatic carbocycles. The van der Waals surface area contributed by atoms with E-state index in [1.54, 1.807) is 0 Å². The van der Waals surface area contributed by atoms with Crippen LogP contribution in [0.4, 0.5) is 0 Å². The summed E-state index contributed by atoms with van der Waals surface area (Å²) >= 11 is 0. The van der Waals surface area contributed by atoms with Crippen molar-refractivity contribution in [3.05, 3.63) is 302 Å². The normalized spacial score (nSPS) is 11.0. The number of amidine groups is 1. The van der Waals surface area contributed by atoms with Gasteiger partial charge in [0.1, 0.15) is 0 Å². The van der Waals surface area contributed by atoms with Crippen LogP contribution < -0.4 is 0 Å². The van der Waals surface area contributed by atoms with Crippen molar-refractivity contribution in [1.82, 2.24) is 0 Å². The monoisotopic (exact) mass is 949 g/mol. The fraction of sp³-hybridized carbons (Fsp3) is 0.0282. The van der Waals surface area contributed by atoms with E-state index in [1.807, 2.05) is 30.3 Å². The maximum atomic E-state index is 5.45. The summed E-state index contributed by atoms with van der Waals surface area (Å²) in [5, 5.41) is 0. The zero-order chi connectivity index (χ0) is 50.3. The maximum absolute atomic E-state index is 5.45. The summed E-state index contributed by atoms with van der Waals surface area (Å²) in [7, 11) is 0. The van der Waals surface area contributed by atoms with Crippen molar-refractivity contribution in [2.75, 3.05) is 0 Å². The lowest BCUT2D eigenvalue weighted by Gasteiger charge is -2.18. The van der Waals surface area contributed by atoms with Crippen LogP contribution in [-0.2, 0) is 13.1 Å². The Balaban J connectivity index is 0.000000631. The smallest absolute Gasteiger partial charge is 0.154 e. The molecule has 11 aromatic carbocycles. The second-order valence-electron chi connectivity index (χ2n) is 18.0. The van der Waals surface area contributed by atoms with Crippen LogP contribution in [0, 0.1) is 0 Å². The Hall–Kier alpha value is -9.57. The molecular weight excluding hydrogens is 895 g/mol. The lowest BCUT2D eigenvalue weighted by molar-refractivity contribution is 1.07. The van der Waals surface area contributed by atoms with E-state index < -0.39 is 0 Å². The highest BCUT2D eigenvalue weighted by molar-refractivity contribution is 6.09. The van der Waals surface area contributed by atoms with Gasteiger partial charge in [-0.3, -0.25) is 9.98 Å². The summed E-state index contributed by atoms with van der Waals surface area (Å²) < 4.78 is 0. The van der Waals surface area contributed by atoms with E-state index in [0.717, 1.165) is 90.0 Å². The van der Waals surface area contributed by atoms with Gasteiger partial charge in [-0.2, -0.15) is 0 Å². The van der Waals surface area contributed by atoms with Crippen LogP contribution in [0.25, 0.3) is 89.0 Å². The van der Waals surface area contributed by atoms with Crippen LogP contribution in [0.1, 0.15) is 16.7 Å². The minimum absolute atomic E-state index is 0.381. The highest BCUT2D eigenvalue weighted by Gasteiger charge is 2.19. The van der Waals surface area contributed by atoms with Crippen molar-refractivity contribution < 1.29 is 0 Å². The maximum Gasteiger partial charge on any atom is 0.154 e. The van der Waals surface area contributed by atoms with Crippen molar-refractivity contribution in [1.29, 1.82) is 0 Å². The van der Waals surface area contributed by atoms with Gasteiger partial charge in [-0.25, -0.2) is 4.99 Å². The largest absolute Gasteiger partial charge is 0.296 e. The number of aliphatic imine (C=N–C) groups is 3. The SMILES string of the molecule is C=NC(=NCc1cc(-c2ccccc2)ccc1-c1ccc(-c2ccccc2)cc1-c1ccccc1)c1cc(-c2ccccc2)ccc1-c1ccc(-c2ccccc2)cc1-c1ccccc1.C=NCc1ccccc1. The molecule has 3 heteroatoms. The molecule has 0 aliphatic heterocycles. The van der Waals surface area contributed by atoms with E-state index in [0.29, 0.717) is 12.4 Å². The van der Waals surface area contributed by atoms with E-state index in [4.69, 9.17) is 9.98 Å². The Bertz CT molecular complexity index is 3650. The van der Waals surface area contributed by atoms with Gasteiger partial charge < -0.3 is 0 Å². The minimum Gasteiger partial charge on any atom is -0.296 e. The van der Waals surface area contributed by atoms with Crippen LogP contribution in [0.3, 0.4) is 0 Å². The van der Waals surface area contributed by atoms with Gasteiger partial charge in [0.2, 0.25) is 0 Å². The van der Waals surface area contributed by atoms with Gasteiger partial charge in [0.15, 0.2) is 5.84 Å². The van der Waals surface area contributed by atoms with Gasteiger partial charge in [-0.1, -0.05) is 261 Å². The summed E-state index contributed by atoms with van der Waals surface area (Å²) in [6, 6.07) is 101. The third-order valence-corrected chi connectivity index (χ3v) is 13.3. The second kappa shape index (κ2) is 23.6. The van der Waals surface area contributed by atoms with Gasteiger partial charge in [0, 0.05) is 5.56 Å². The summed E-state index contributed by atoms with van der Waals surface area (Å²) in [4.78, 5) is 14.0. The molecule has 354 valence electrons. The fourth-order valence-corrected chi connectivity index (χ4v) is 9.56. The van der Waals surface area contributed by atoms with Gasteiger partial charge in [0.05, 0.1) is 13.1 Å². The van der Waals surface area contributed by atoms with Crippen LogP contribution in [0.5, 0.6) is 0 Å². The van der Waals surface area contributed by atoms with Crippen molar-refractivity contribution in [2.45, 2.75) is 13.1 Å². The molecule has 0 N–H and O–H groups in total. The van der Waals surface area contributed by atoms with Crippen molar-refractivity contribution >= 4 is 19.3 Å². The van der Waals surface area contributed by atoms with Crippen LogP contribution in [0.15, 0.2) is 300 Å². The molecule has 0 saturated carbocycles. The van der Waals surface area contributed by atoms with E-state index in [-0.39, 0.29) is 0 Å². The standard InChI is InChI=1S/C63H46N2.C8H9N/c1-64-63(62-43-54(48-26-14-5-15-27-48)35-39-59(62)58-38-34-53(47-24-12-4-13-25-47)42-61(58)50-30-18-7-19-31-50)65-44-55-40-51(45-20-8-2-9-21-45)32-36-56(55)57-37-33-52(46-22-10-3-11-23-46)41-60(57)49-28-16-6-17-29-49;1-9-7-8-5-3-2-4-6-8/h2-43H,1,44H2;2-6H,1,7H2. The molecule has 3 nitrogen and oxygen atoms in total. The van der Waals surface area contributed by atoms with E-state index in [1.165, 1.54) is 22.3 Å². The van der Waals surface area contributed by atoms with Gasteiger partial charge >= 0.3 is 0 Å². The molecule has 0 heterocycles. The molecule has 74 heavy (non-hydrogen) atoms. The Labute approximate surface area is 436 Å². The summed E-state index contributed by atoms with van der Waals surface area (Å²) in [5.74, 6) is 0.586. The molecule has 0 amide bonds. The van der Waals surface area contributed by atoms with Crippen LogP contribution >= 0.6 is 0 Å². The molecule has 0 saturated heterocycles.